The van der Waals surface area contributed by atoms with Crippen LogP contribution in [0.15, 0.2) is 12.2 Å². The molecule has 3 N–H and O–H groups in total. The summed E-state index contributed by atoms with van der Waals surface area (Å²) >= 11 is 1.81. The van der Waals surface area contributed by atoms with Crippen molar-refractivity contribution in [1.29, 1.82) is 0 Å². The fourth-order valence-electron chi connectivity index (χ4n) is 1.91. The van der Waals surface area contributed by atoms with Crippen molar-refractivity contribution in [3.63, 3.8) is 0 Å². The number of aromatic amines is 1. The highest BCUT2D eigenvalue weighted by Crippen LogP contribution is 2.42. The van der Waals surface area contributed by atoms with E-state index >= 15 is 0 Å². The molecule has 1 heterocycles. The molecule has 0 bridgehead atoms. The van der Waals surface area contributed by atoms with Gasteiger partial charge in [-0.3, -0.25) is 10.1 Å². The standard InChI is InChI=1S/C8H11IN6O2/c1-7(6-11-13-14-12-6)4-8(9,15(16)17)3-2-5(7)10/h2-3,5H,4,10H2,1H3,(H,11,12,13,14). The number of aromatic nitrogens is 4. The summed E-state index contributed by atoms with van der Waals surface area (Å²) in [6, 6.07) is -0.372. The van der Waals surface area contributed by atoms with Crippen molar-refractivity contribution in [3.8, 4) is 0 Å². The molecule has 0 aromatic carbocycles. The second kappa shape index (κ2) is 3.98. The van der Waals surface area contributed by atoms with Crippen molar-refractivity contribution in [2.24, 2.45) is 5.73 Å². The average Bonchev–Trinajstić information content (AvgIpc) is 2.78. The van der Waals surface area contributed by atoms with Crippen LogP contribution in [0, 0.1) is 10.1 Å². The summed E-state index contributed by atoms with van der Waals surface area (Å²) in [6.45, 7) is 1.81. The minimum absolute atomic E-state index is 0.227. The van der Waals surface area contributed by atoms with Crippen LogP contribution >= 0.6 is 22.6 Å². The van der Waals surface area contributed by atoms with Gasteiger partial charge in [0.1, 0.15) is 0 Å². The van der Waals surface area contributed by atoms with E-state index in [1.54, 1.807) is 6.08 Å². The normalized spacial score (nSPS) is 37.0. The third-order valence-electron chi connectivity index (χ3n) is 3.07. The van der Waals surface area contributed by atoms with Crippen LogP contribution in [0.2, 0.25) is 0 Å². The number of nitro groups is 1. The number of halogens is 1. The Kier molecular flexibility index (Phi) is 2.89. The summed E-state index contributed by atoms with van der Waals surface area (Å²) in [5.41, 5.74) is 5.29. The van der Waals surface area contributed by atoms with Crippen molar-refractivity contribution in [3.05, 3.63) is 28.1 Å². The zero-order chi connectivity index (χ0) is 12.7. The second-order valence-electron chi connectivity index (χ2n) is 4.29. The summed E-state index contributed by atoms with van der Waals surface area (Å²) in [7, 11) is 0. The molecule has 92 valence electrons. The number of nitrogens with zero attached hydrogens (tertiary/aromatic N) is 4. The molecule has 17 heavy (non-hydrogen) atoms. The van der Waals surface area contributed by atoms with Crippen molar-refractivity contribution < 1.29 is 4.92 Å². The van der Waals surface area contributed by atoms with Crippen LogP contribution < -0.4 is 5.73 Å². The maximum Gasteiger partial charge on any atom is 0.288 e. The molecule has 0 amide bonds. The Morgan fingerprint density at radius 2 is 2.47 bits per heavy atom. The first-order valence-electron chi connectivity index (χ1n) is 4.91. The molecule has 0 radical (unpaired) electrons. The number of alkyl halides is 1. The van der Waals surface area contributed by atoms with Gasteiger partial charge in [-0.05, 0) is 6.08 Å². The maximum absolute atomic E-state index is 11.1. The highest BCUT2D eigenvalue weighted by atomic mass is 127. The molecule has 1 aliphatic rings. The minimum atomic E-state index is -1.18. The van der Waals surface area contributed by atoms with Gasteiger partial charge in [-0.1, -0.05) is 18.2 Å². The van der Waals surface area contributed by atoms with Crippen LogP contribution in [0.1, 0.15) is 19.2 Å². The first-order valence-corrected chi connectivity index (χ1v) is 5.99. The van der Waals surface area contributed by atoms with Crippen LogP contribution in [0.4, 0.5) is 0 Å². The molecule has 2 rings (SSSR count). The summed E-state index contributed by atoms with van der Waals surface area (Å²) in [6.07, 6.45) is 3.39. The van der Waals surface area contributed by atoms with Gasteiger partial charge < -0.3 is 5.73 Å². The molecule has 0 fully saturated rings. The Morgan fingerprint density at radius 3 is 3.00 bits per heavy atom. The van der Waals surface area contributed by atoms with Gasteiger partial charge in [-0.15, -0.1) is 10.2 Å². The summed E-state index contributed by atoms with van der Waals surface area (Å²) < 4.78 is -1.18. The molecular formula is C8H11IN6O2. The Balaban J connectivity index is 2.43. The highest BCUT2D eigenvalue weighted by Gasteiger charge is 2.52. The van der Waals surface area contributed by atoms with Gasteiger partial charge in [0, 0.05) is 40.0 Å². The Morgan fingerprint density at radius 1 is 1.76 bits per heavy atom. The Hall–Kier alpha value is -1.10. The van der Waals surface area contributed by atoms with E-state index in [1.807, 2.05) is 29.5 Å². The molecule has 1 aliphatic carbocycles. The highest BCUT2D eigenvalue weighted by molar-refractivity contribution is 14.1. The van der Waals surface area contributed by atoms with Crippen molar-refractivity contribution in [1.82, 2.24) is 20.6 Å². The Labute approximate surface area is 110 Å². The van der Waals surface area contributed by atoms with Gasteiger partial charge in [0.2, 0.25) is 0 Å². The average molecular weight is 350 g/mol. The van der Waals surface area contributed by atoms with Gasteiger partial charge in [0.05, 0.1) is 5.41 Å². The predicted octanol–water partition coefficient (Wildman–Crippen LogP) is 0.153. The zero-order valence-corrected chi connectivity index (χ0v) is 11.2. The number of nitrogens with one attached hydrogen (secondary N) is 1. The van der Waals surface area contributed by atoms with E-state index in [-0.39, 0.29) is 17.4 Å². The van der Waals surface area contributed by atoms with E-state index in [4.69, 9.17) is 5.73 Å². The van der Waals surface area contributed by atoms with Crippen LogP contribution in [0.3, 0.4) is 0 Å². The van der Waals surface area contributed by atoms with Crippen LogP contribution in [0.25, 0.3) is 0 Å². The lowest BCUT2D eigenvalue weighted by molar-refractivity contribution is -0.520. The topological polar surface area (TPSA) is 124 Å². The van der Waals surface area contributed by atoms with E-state index in [0.29, 0.717) is 5.82 Å². The lowest BCUT2D eigenvalue weighted by atomic mass is 9.73. The number of H-pyrrole nitrogens is 1. The van der Waals surface area contributed by atoms with Gasteiger partial charge in [-0.25, -0.2) is 0 Å². The number of hydrogen-bond donors (Lipinski definition) is 2. The molecule has 8 nitrogen and oxygen atoms in total. The van der Waals surface area contributed by atoms with Crippen LogP contribution in [0.5, 0.6) is 0 Å². The number of hydrogen-bond acceptors (Lipinski definition) is 6. The van der Waals surface area contributed by atoms with Crippen LogP contribution in [-0.4, -0.2) is 35.1 Å². The van der Waals surface area contributed by atoms with Gasteiger partial charge >= 0.3 is 0 Å². The van der Waals surface area contributed by atoms with Gasteiger partial charge in [0.15, 0.2) is 5.82 Å². The quantitative estimate of drug-likeness (QED) is 0.195. The largest absolute Gasteiger partial charge is 0.324 e. The van der Waals surface area contributed by atoms with Crippen molar-refractivity contribution >= 4 is 22.6 Å². The molecule has 1 aromatic rings. The lowest BCUT2D eigenvalue weighted by Gasteiger charge is -2.36. The molecule has 0 saturated heterocycles. The molecule has 3 unspecified atom stereocenters. The summed E-state index contributed by atoms with van der Waals surface area (Å²) in [4.78, 5) is 10.8. The molecule has 0 aliphatic heterocycles. The van der Waals surface area contributed by atoms with E-state index < -0.39 is 8.96 Å². The third kappa shape index (κ3) is 1.92. The van der Waals surface area contributed by atoms with E-state index in [1.165, 1.54) is 6.08 Å². The second-order valence-corrected chi connectivity index (χ2v) is 6.16. The van der Waals surface area contributed by atoms with E-state index in [0.717, 1.165) is 0 Å². The minimum Gasteiger partial charge on any atom is -0.324 e. The summed E-state index contributed by atoms with van der Waals surface area (Å²) in [5, 5.41) is 24.7. The first kappa shape index (κ1) is 12.4. The molecule has 9 heteroatoms. The number of tetrazole rings is 1. The van der Waals surface area contributed by atoms with Gasteiger partial charge in [0.25, 0.3) is 3.55 Å². The smallest absolute Gasteiger partial charge is 0.288 e. The lowest BCUT2D eigenvalue weighted by Crippen LogP contribution is -2.51. The number of rotatable bonds is 2. The predicted molar refractivity (Wildman–Crippen MR) is 67.0 cm³/mol. The molecule has 3 atom stereocenters. The fraction of sp³-hybridized carbons (Fsp3) is 0.625. The van der Waals surface area contributed by atoms with Crippen molar-refractivity contribution in [2.45, 2.75) is 28.3 Å². The number of nitrogens with two attached hydrogens (primary N) is 1. The monoisotopic (exact) mass is 350 g/mol. The first-order chi connectivity index (χ1) is 7.88. The SMILES string of the molecule is CC1(c2nn[nH]n2)CC(I)([N+](=O)[O-])C=CC1N. The fourth-order valence-corrected chi connectivity index (χ4v) is 2.91. The molecule has 0 saturated carbocycles. The maximum atomic E-state index is 11.1. The summed E-state index contributed by atoms with van der Waals surface area (Å²) in [5.74, 6) is 0.400. The van der Waals surface area contributed by atoms with E-state index in [9.17, 15) is 10.1 Å². The van der Waals surface area contributed by atoms with Gasteiger partial charge in [-0.2, -0.15) is 5.21 Å². The van der Waals surface area contributed by atoms with Crippen molar-refractivity contribution in [2.75, 3.05) is 0 Å². The third-order valence-corrected chi connectivity index (χ3v) is 4.20. The van der Waals surface area contributed by atoms with Crippen LogP contribution in [-0.2, 0) is 5.41 Å². The molecule has 0 spiro atoms. The zero-order valence-electron chi connectivity index (χ0n) is 9.00. The van der Waals surface area contributed by atoms with E-state index in [2.05, 4.69) is 20.6 Å². The molecular weight excluding hydrogens is 339 g/mol. The Bertz CT molecular complexity index is 463. The molecule has 1 aromatic heterocycles.